The molecule has 1 unspecified atom stereocenters. The lowest BCUT2D eigenvalue weighted by Gasteiger charge is -2.35. The van der Waals surface area contributed by atoms with Crippen molar-refractivity contribution in [3.05, 3.63) is 76.1 Å². The molecule has 0 bridgehead atoms. The van der Waals surface area contributed by atoms with E-state index in [4.69, 9.17) is 14.2 Å². The van der Waals surface area contributed by atoms with Crippen molar-refractivity contribution in [1.29, 1.82) is 0 Å². The first-order valence-corrected chi connectivity index (χ1v) is 14.2. The molecule has 0 radical (unpaired) electrons. The number of methoxy groups -OCH3 is 2. The number of pyridine rings is 1. The van der Waals surface area contributed by atoms with E-state index in [1.165, 1.54) is 25.6 Å². The van der Waals surface area contributed by atoms with Gasteiger partial charge in [-0.2, -0.15) is 0 Å². The van der Waals surface area contributed by atoms with Crippen LogP contribution >= 0.6 is 11.3 Å². The number of likely N-dealkylation sites (tertiary alicyclic amines) is 1. The summed E-state index contributed by atoms with van der Waals surface area (Å²) in [6, 6.07) is 13.6. The van der Waals surface area contributed by atoms with Gasteiger partial charge in [0.25, 0.3) is 0 Å². The van der Waals surface area contributed by atoms with E-state index in [0.29, 0.717) is 35.0 Å². The van der Waals surface area contributed by atoms with E-state index in [0.717, 1.165) is 31.5 Å². The number of esters is 2. The summed E-state index contributed by atoms with van der Waals surface area (Å²) in [5, 5.41) is 4.94. The summed E-state index contributed by atoms with van der Waals surface area (Å²) in [7, 11) is 2.84. The molecule has 1 saturated heterocycles. The number of carbonyl (C=O) groups excluding carboxylic acids is 3. The molecule has 212 valence electrons. The van der Waals surface area contributed by atoms with Crippen LogP contribution in [0.3, 0.4) is 0 Å². The van der Waals surface area contributed by atoms with Gasteiger partial charge in [-0.1, -0.05) is 37.3 Å². The topological polar surface area (TPSA) is 107 Å². The van der Waals surface area contributed by atoms with Crippen molar-refractivity contribution < 1.29 is 28.6 Å². The molecule has 2 atom stereocenters. The first-order chi connectivity index (χ1) is 19.4. The molecule has 0 amide bonds. The number of thiophene rings is 1. The zero-order valence-corrected chi connectivity index (χ0v) is 23.8. The largest absolute Gasteiger partial charge is 0.481 e. The quantitative estimate of drug-likeness (QED) is 0.240. The van der Waals surface area contributed by atoms with Crippen molar-refractivity contribution in [2.75, 3.05) is 39.2 Å². The minimum absolute atomic E-state index is 0.110. The highest BCUT2D eigenvalue weighted by Gasteiger charge is 2.32. The number of nitrogens with one attached hydrogen (secondary N) is 1. The summed E-state index contributed by atoms with van der Waals surface area (Å²) in [6.45, 7) is 3.92. The second-order valence-electron chi connectivity index (χ2n) is 9.65. The van der Waals surface area contributed by atoms with Crippen LogP contribution < -0.4 is 10.1 Å². The lowest BCUT2D eigenvalue weighted by atomic mass is 9.89. The number of aromatic nitrogens is 1. The molecule has 1 aliphatic rings. The van der Waals surface area contributed by atoms with Gasteiger partial charge in [0.1, 0.15) is 11.0 Å². The minimum atomic E-state index is -0.894. The Bertz CT molecular complexity index is 1270. The lowest BCUT2D eigenvalue weighted by molar-refractivity contribution is -0.154. The predicted octanol–water partition coefficient (Wildman–Crippen LogP) is 5.01. The molecule has 0 spiro atoms. The van der Waals surface area contributed by atoms with Crippen LogP contribution in [0.1, 0.15) is 57.8 Å². The fraction of sp³-hybridized carbons (Fsp3) is 0.400. The molecule has 1 aliphatic heterocycles. The van der Waals surface area contributed by atoms with Crippen LogP contribution in [-0.4, -0.2) is 67.6 Å². The van der Waals surface area contributed by atoms with E-state index in [2.05, 4.69) is 15.2 Å². The van der Waals surface area contributed by atoms with E-state index in [9.17, 15) is 14.4 Å². The minimum Gasteiger partial charge on any atom is -0.481 e. The number of carbonyl (C=O) groups is 3. The number of nitrogens with zero attached hydrogens (tertiary/aromatic N) is 2. The number of hydrogen-bond acceptors (Lipinski definition) is 10. The molecule has 0 aliphatic carbocycles. The molecule has 40 heavy (non-hydrogen) atoms. The van der Waals surface area contributed by atoms with Crippen molar-refractivity contribution in [3.8, 4) is 5.88 Å². The number of hydrogen-bond donors (Lipinski definition) is 1. The van der Waals surface area contributed by atoms with Crippen LogP contribution in [0.5, 0.6) is 5.88 Å². The Labute approximate surface area is 238 Å². The highest BCUT2D eigenvalue weighted by molar-refractivity contribution is 7.12. The first-order valence-electron chi connectivity index (χ1n) is 13.4. The molecular weight excluding hydrogens is 530 g/mol. The Balaban J connectivity index is 1.43. The van der Waals surface area contributed by atoms with Crippen molar-refractivity contribution >= 4 is 34.7 Å². The average molecular weight is 566 g/mol. The second kappa shape index (κ2) is 14.0. The zero-order valence-electron chi connectivity index (χ0n) is 23.0. The van der Waals surface area contributed by atoms with E-state index < -0.39 is 18.0 Å². The van der Waals surface area contributed by atoms with E-state index in [1.54, 1.807) is 29.8 Å². The number of benzene rings is 1. The summed E-state index contributed by atoms with van der Waals surface area (Å²) in [5.41, 5.74) is 1.79. The van der Waals surface area contributed by atoms with Gasteiger partial charge in [-0.05, 0) is 55.8 Å². The number of ketones is 1. The highest BCUT2D eigenvalue weighted by atomic mass is 32.1. The summed E-state index contributed by atoms with van der Waals surface area (Å²) < 4.78 is 16.2. The molecule has 9 nitrogen and oxygen atoms in total. The van der Waals surface area contributed by atoms with Crippen molar-refractivity contribution in [2.45, 2.75) is 38.3 Å². The fourth-order valence-electron chi connectivity index (χ4n) is 4.92. The van der Waals surface area contributed by atoms with E-state index in [-0.39, 0.29) is 17.8 Å². The summed E-state index contributed by atoms with van der Waals surface area (Å²) >= 11 is 1.23. The maximum absolute atomic E-state index is 13.6. The molecule has 1 aromatic carbocycles. The van der Waals surface area contributed by atoms with Gasteiger partial charge < -0.3 is 19.5 Å². The monoisotopic (exact) mass is 565 g/mol. The summed E-state index contributed by atoms with van der Waals surface area (Å²) in [4.78, 5) is 45.3. The standard InChI is InChI=1S/C30H35N3O6S/c1-4-25(21-12-15-33(16-13-21)19-24(34)20-8-6-5-7-9-20)39-29(35)27(22-10-11-26(37-2)31-18-22)32-23-14-17-40-28(23)30(36)38-3/h5-11,14,17-18,21,25,27,32H,4,12-13,15-16,19H2,1-3H3/t25-,27?/m0/s1. The Morgan fingerprint density at radius 2 is 1.82 bits per heavy atom. The molecule has 3 heterocycles. The number of piperidine rings is 1. The maximum atomic E-state index is 13.6. The van der Waals surface area contributed by atoms with E-state index >= 15 is 0 Å². The third-order valence-electron chi connectivity index (χ3n) is 7.16. The molecule has 2 aromatic heterocycles. The fourth-order valence-corrected chi connectivity index (χ4v) is 5.70. The van der Waals surface area contributed by atoms with Gasteiger partial charge in [0, 0.05) is 23.4 Å². The van der Waals surface area contributed by atoms with Crippen LogP contribution in [0, 0.1) is 5.92 Å². The number of ether oxygens (including phenoxy) is 3. The normalized spacial score (nSPS) is 15.6. The van der Waals surface area contributed by atoms with Gasteiger partial charge in [-0.25, -0.2) is 14.6 Å². The Morgan fingerprint density at radius 1 is 1.07 bits per heavy atom. The Hall–Kier alpha value is -3.76. The van der Waals surface area contributed by atoms with Crippen LogP contribution in [0.4, 0.5) is 5.69 Å². The van der Waals surface area contributed by atoms with Crippen LogP contribution in [-0.2, 0) is 14.3 Å². The van der Waals surface area contributed by atoms with Crippen LogP contribution in [0.15, 0.2) is 60.1 Å². The number of Topliss-reactive ketones (excluding diaryl/α,β-unsaturated/α-hetero) is 1. The van der Waals surface area contributed by atoms with Crippen LogP contribution in [0.2, 0.25) is 0 Å². The van der Waals surface area contributed by atoms with Gasteiger partial charge in [0.15, 0.2) is 11.8 Å². The van der Waals surface area contributed by atoms with E-state index in [1.807, 2.05) is 37.3 Å². The zero-order chi connectivity index (χ0) is 28.5. The Kier molecular flexibility index (Phi) is 10.3. The van der Waals surface area contributed by atoms with Gasteiger partial charge in [-0.3, -0.25) is 9.69 Å². The second-order valence-corrected chi connectivity index (χ2v) is 10.6. The van der Waals surface area contributed by atoms with Crippen LogP contribution in [0.25, 0.3) is 0 Å². The van der Waals surface area contributed by atoms with Gasteiger partial charge in [0.2, 0.25) is 5.88 Å². The Morgan fingerprint density at radius 3 is 2.45 bits per heavy atom. The molecule has 4 rings (SSSR count). The van der Waals surface area contributed by atoms with Crippen molar-refractivity contribution in [2.24, 2.45) is 5.92 Å². The maximum Gasteiger partial charge on any atom is 0.350 e. The molecular formula is C30H35N3O6S. The van der Waals surface area contributed by atoms with Gasteiger partial charge >= 0.3 is 11.9 Å². The van der Waals surface area contributed by atoms with Gasteiger partial charge in [-0.15, -0.1) is 11.3 Å². The lowest BCUT2D eigenvalue weighted by Crippen LogP contribution is -2.42. The molecule has 0 saturated carbocycles. The number of rotatable bonds is 12. The molecule has 3 aromatic rings. The predicted molar refractivity (Wildman–Crippen MR) is 153 cm³/mol. The smallest absolute Gasteiger partial charge is 0.350 e. The molecule has 10 heteroatoms. The third kappa shape index (κ3) is 7.25. The first kappa shape index (κ1) is 29.2. The average Bonchev–Trinajstić information content (AvgIpc) is 3.47. The van der Waals surface area contributed by atoms with Crippen molar-refractivity contribution in [3.63, 3.8) is 0 Å². The SMILES string of the molecule is CC[C@H](OC(=O)C(Nc1ccsc1C(=O)OC)c1ccc(OC)nc1)C1CCN(CC(=O)c2ccccc2)CC1. The summed E-state index contributed by atoms with van der Waals surface area (Å²) in [5.74, 6) is -0.229. The van der Waals surface area contributed by atoms with Gasteiger partial charge in [0.05, 0.1) is 26.5 Å². The highest BCUT2D eigenvalue weighted by Crippen LogP contribution is 2.31. The number of anilines is 1. The molecule has 1 N–H and O–H groups in total. The molecule has 1 fully saturated rings. The summed E-state index contributed by atoms with van der Waals surface area (Å²) in [6.07, 6.45) is 3.60. The van der Waals surface area contributed by atoms with Crippen molar-refractivity contribution in [1.82, 2.24) is 9.88 Å². The third-order valence-corrected chi connectivity index (χ3v) is 8.06.